The molecule has 9 heteroatoms. The summed E-state index contributed by atoms with van der Waals surface area (Å²) in [4.78, 5) is 16.5. The molecule has 0 saturated carbocycles. The van der Waals surface area contributed by atoms with Crippen LogP contribution in [0.2, 0.25) is 0 Å². The Balaban J connectivity index is 1.52. The number of aromatic nitrogens is 3. The van der Waals surface area contributed by atoms with Gasteiger partial charge in [-0.05, 0) is 49.2 Å². The summed E-state index contributed by atoms with van der Waals surface area (Å²) in [5.41, 5.74) is 1.57. The smallest absolute Gasteiger partial charge is 0.416 e. The third kappa shape index (κ3) is 3.78. The number of aryl methyl sites for hydroxylation is 2. The molecule has 1 N–H and O–H groups in total. The van der Waals surface area contributed by atoms with E-state index in [-0.39, 0.29) is 12.0 Å². The van der Waals surface area contributed by atoms with Crippen LogP contribution in [0.3, 0.4) is 0 Å². The highest BCUT2D eigenvalue weighted by molar-refractivity contribution is 5.93. The van der Waals surface area contributed by atoms with Crippen LogP contribution in [0.5, 0.6) is 0 Å². The average Bonchev–Trinajstić information content (AvgIpc) is 3.25. The number of fused-ring (bicyclic) bond motifs is 1. The first kappa shape index (κ1) is 19.7. The molecule has 0 aliphatic carbocycles. The van der Waals surface area contributed by atoms with Crippen molar-refractivity contribution in [1.29, 1.82) is 0 Å². The number of hydrogen-bond acceptors (Lipinski definition) is 4. The highest BCUT2D eigenvalue weighted by atomic mass is 19.4. The van der Waals surface area contributed by atoms with Gasteiger partial charge in [0.25, 0.3) is 0 Å². The van der Waals surface area contributed by atoms with Gasteiger partial charge in [-0.2, -0.15) is 17.7 Å². The third-order valence-electron chi connectivity index (χ3n) is 4.69. The Labute approximate surface area is 169 Å². The van der Waals surface area contributed by atoms with Crippen LogP contribution in [-0.2, 0) is 17.4 Å². The number of halogens is 3. The number of hydrogen-bond donors (Lipinski definition) is 1. The van der Waals surface area contributed by atoms with Crippen molar-refractivity contribution in [3.8, 4) is 11.5 Å². The van der Waals surface area contributed by atoms with Crippen molar-refractivity contribution in [3.05, 3.63) is 71.2 Å². The van der Waals surface area contributed by atoms with Crippen molar-refractivity contribution in [2.24, 2.45) is 0 Å². The van der Waals surface area contributed by atoms with Crippen LogP contribution < -0.4 is 5.32 Å². The molecule has 6 nitrogen and oxygen atoms in total. The minimum atomic E-state index is -4.51. The van der Waals surface area contributed by atoms with Gasteiger partial charge >= 0.3 is 6.18 Å². The van der Waals surface area contributed by atoms with Gasteiger partial charge in [0.15, 0.2) is 0 Å². The predicted molar refractivity (Wildman–Crippen MR) is 104 cm³/mol. The molecule has 0 radical (unpaired) electrons. The van der Waals surface area contributed by atoms with E-state index in [1.54, 1.807) is 42.8 Å². The molecule has 0 saturated heterocycles. The summed E-state index contributed by atoms with van der Waals surface area (Å²) in [6.45, 7) is 3.59. The van der Waals surface area contributed by atoms with E-state index < -0.39 is 17.6 Å². The number of alkyl halides is 3. The summed E-state index contributed by atoms with van der Waals surface area (Å²) >= 11 is 0. The van der Waals surface area contributed by atoms with Crippen LogP contribution in [0, 0.1) is 13.8 Å². The van der Waals surface area contributed by atoms with Gasteiger partial charge in [0.2, 0.25) is 17.5 Å². The molecular formula is C21H17F3N4O2. The van der Waals surface area contributed by atoms with Crippen LogP contribution in [0.4, 0.5) is 18.9 Å². The highest BCUT2D eigenvalue weighted by Gasteiger charge is 2.33. The van der Waals surface area contributed by atoms with Crippen LogP contribution in [0.1, 0.15) is 22.5 Å². The van der Waals surface area contributed by atoms with Crippen molar-refractivity contribution in [3.63, 3.8) is 0 Å². The molecular weight excluding hydrogens is 397 g/mol. The molecule has 2 aromatic heterocycles. The second-order valence-corrected chi connectivity index (χ2v) is 6.87. The topological polar surface area (TPSA) is 72.4 Å². The number of carbonyl (C=O) groups is 1. The van der Waals surface area contributed by atoms with E-state index in [1.807, 2.05) is 0 Å². The molecule has 30 heavy (non-hydrogen) atoms. The molecule has 0 aliphatic rings. The average molecular weight is 414 g/mol. The summed E-state index contributed by atoms with van der Waals surface area (Å²) in [7, 11) is 0. The minimum Gasteiger partial charge on any atom is -0.417 e. The van der Waals surface area contributed by atoms with Crippen LogP contribution in [-0.4, -0.2) is 20.5 Å². The lowest BCUT2D eigenvalue weighted by atomic mass is 10.0. The molecule has 0 spiro atoms. The summed E-state index contributed by atoms with van der Waals surface area (Å²) in [5, 5.41) is 7.03. The predicted octanol–water partition coefficient (Wildman–Crippen LogP) is 4.81. The zero-order chi connectivity index (χ0) is 21.5. The van der Waals surface area contributed by atoms with Crippen molar-refractivity contribution in [1.82, 2.24) is 14.6 Å². The first-order chi connectivity index (χ1) is 14.2. The first-order valence-corrected chi connectivity index (χ1v) is 9.09. The van der Waals surface area contributed by atoms with E-state index in [1.165, 1.54) is 18.2 Å². The zero-order valence-electron chi connectivity index (χ0n) is 16.1. The van der Waals surface area contributed by atoms with E-state index >= 15 is 0 Å². The summed E-state index contributed by atoms with van der Waals surface area (Å²) in [6.07, 6.45) is -3.32. The molecule has 0 fully saturated rings. The lowest BCUT2D eigenvalue weighted by Crippen LogP contribution is -2.18. The van der Waals surface area contributed by atoms with Crippen LogP contribution >= 0.6 is 0 Å². The molecule has 4 aromatic rings. The Morgan fingerprint density at radius 3 is 2.63 bits per heavy atom. The quantitative estimate of drug-likeness (QED) is 0.520. The maximum atomic E-state index is 13.1. The van der Waals surface area contributed by atoms with Gasteiger partial charge in [0.05, 0.1) is 18.2 Å². The fourth-order valence-electron chi connectivity index (χ4n) is 3.19. The molecule has 1 amide bonds. The van der Waals surface area contributed by atoms with E-state index in [0.717, 1.165) is 11.6 Å². The molecule has 0 bridgehead atoms. The number of nitrogens with one attached hydrogen (secondary N) is 1. The van der Waals surface area contributed by atoms with E-state index in [0.29, 0.717) is 28.7 Å². The second kappa shape index (κ2) is 7.33. The van der Waals surface area contributed by atoms with Crippen molar-refractivity contribution in [2.45, 2.75) is 26.4 Å². The number of carbonyl (C=O) groups excluding carboxylic acids is 1. The SMILES string of the molecule is Cc1cc(-c2nn3c(C)ncc3o2)ccc1NC(=O)Cc1ccccc1C(F)(F)F. The van der Waals surface area contributed by atoms with Gasteiger partial charge in [-0.1, -0.05) is 18.2 Å². The Kier molecular flexibility index (Phi) is 4.81. The second-order valence-electron chi connectivity index (χ2n) is 6.87. The lowest BCUT2D eigenvalue weighted by molar-refractivity contribution is -0.138. The van der Waals surface area contributed by atoms with Crippen LogP contribution in [0.25, 0.3) is 17.2 Å². The van der Waals surface area contributed by atoms with Gasteiger partial charge in [0.1, 0.15) is 5.82 Å². The molecule has 154 valence electrons. The van der Waals surface area contributed by atoms with Gasteiger partial charge in [-0.25, -0.2) is 4.98 Å². The van der Waals surface area contributed by atoms with Crippen molar-refractivity contribution < 1.29 is 22.4 Å². The molecule has 4 rings (SSSR count). The number of anilines is 1. The minimum absolute atomic E-state index is 0.0728. The lowest BCUT2D eigenvalue weighted by Gasteiger charge is -2.13. The van der Waals surface area contributed by atoms with Gasteiger partial charge in [-0.15, -0.1) is 5.10 Å². The standard InChI is InChI=1S/C21H17F3N4O2/c1-12-9-15(20-27-28-13(2)25-11-19(28)30-20)7-8-17(12)26-18(29)10-14-5-3-4-6-16(14)21(22,23)24/h3-9,11H,10H2,1-2H3,(H,26,29). The van der Waals surface area contributed by atoms with Crippen molar-refractivity contribution >= 4 is 17.3 Å². The van der Waals surface area contributed by atoms with E-state index in [2.05, 4.69) is 15.4 Å². The van der Waals surface area contributed by atoms with E-state index in [9.17, 15) is 18.0 Å². The highest BCUT2D eigenvalue weighted by Crippen LogP contribution is 2.32. The molecule has 0 aliphatic heterocycles. The number of nitrogens with zero attached hydrogens (tertiary/aromatic N) is 3. The molecule has 2 aromatic carbocycles. The molecule has 0 unspecified atom stereocenters. The summed E-state index contributed by atoms with van der Waals surface area (Å²) < 4.78 is 46.6. The number of amides is 1. The number of benzene rings is 2. The van der Waals surface area contributed by atoms with E-state index in [4.69, 9.17) is 4.42 Å². The Hall–Kier alpha value is -3.62. The maximum Gasteiger partial charge on any atom is 0.416 e. The third-order valence-corrected chi connectivity index (χ3v) is 4.69. The number of imidazole rings is 1. The monoisotopic (exact) mass is 414 g/mol. The zero-order valence-corrected chi connectivity index (χ0v) is 16.1. The Morgan fingerprint density at radius 2 is 1.93 bits per heavy atom. The van der Waals surface area contributed by atoms with Crippen molar-refractivity contribution in [2.75, 3.05) is 5.32 Å². The Bertz CT molecular complexity index is 1240. The number of rotatable bonds is 4. The summed E-state index contributed by atoms with van der Waals surface area (Å²) in [6, 6.07) is 10.2. The van der Waals surface area contributed by atoms with Crippen LogP contribution in [0.15, 0.2) is 53.1 Å². The van der Waals surface area contributed by atoms with Gasteiger partial charge < -0.3 is 9.73 Å². The maximum absolute atomic E-state index is 13.1. The summed E-state index contributed by atoms with van der Waals surface area (Å²) in [5.74, 6) is 0.560. The van der Waals surface area contributed by atoms with Gasteiger partial charge in [-0.3, -0.25) is 4.79 Å². The largest absolute Gasteiger partial charge is 0.417 e. The molecule has 0 atom stereocenters. The normalized spacial score (nSPS) is 11.8. The first-order valence-electron chi connectivity index (χ1n) is 9.09. The molecule has 2 heterocycles. The fourth-order valence-corrected chi connectivity index (χ4v) is 3.19. The van der Waals surface area contributed by atoms with Gasteiger partial charge in [0, 0.05) is 11.3 Å². The fraction of sp³-hybridized carbons (Fsp3) is 0.190. The Morgan fingerprint density at radius 1 is 1.17 bits per heavy atom.